The highest BCUT2D eigenvalue weighted by molar-refractivity contribution is 6.28. The first kappa shape index (κ1) is 17.8. The Morgan fingerprint density at radius 1 is 1.42 bits per heavy atom. The molecule has 5 heterocycles. The molecule has 4 aliphatic heterocycles. The third kappa shape index (κ3) is 4.17. The van der Waals surface area contributed by atoms with E-state index in [9.17, 15) is 13.2 Å². The van der Waals surface area contributed by atoms with Crippen molar-refractivity contribution in [1.29, 1.82) is 0 Å². The Kier molecular flexibility index (Phi) is 5.01. The van der Waals surface area contributed by atoms with Crippen molar-refractivity contribution < 1.29 is 17.9 Å². The van der Waals surface area contributed by atoms with Crippen LogP contribution in [0.2, 0.25) is 5.28 Å². The molecular weight excluding hydrogens is 345 g/mol. The topological polar surface area (TPSA) is 50.3 Å². The number of nitrogens with one attached hydrogen (secondary N) is 1. The van der Waals surface area contributed by atoms with Gasteiger partial charge in [0.15, 0.2) is 0 Å². The van der Waals surface area contributed by atoms with Crippen LogP contribution in [-0.4, -0.2) is 40.8 Å². The monoisotopic (exact) mass is 364 g/mol. The smallest absolute Gasteiger partial charge is 0.364 e. The molecule has 3 fully saturated rings. The highest BCUT2D eigenvalue weighted by atomic mass is 35.5. The summed E-state index contributed by atoms with van der Waals surface area (Å²) in [6, 6.07) is 0. The number of halogens is 4. The lowest BCUT2D eigenvalue weighted by molar-refractivity contribution is -0.185. The van der Waals surface area contributed by atoms with Gasteiger partial charge in [0.25, 0.3) is 0 Å². The van der Waals surface area contributed by atoms with Gasteiger partial charge < -0.3 is 4.74 Å². The molecule has 0 aliphatic carbocycles. The summed E-state index contributed by atoms with van der Waals surface area (Å²) in [5.41, 5.74) is 2.67. The van der Waals surface area contributed by atoms with Crippen LogP contribution in [0.4, 0.5) is 13.2 Å². The van der Waals surface area contributed by atoms with Crippen molar-refractivity contribution in [3.63, 3.8) is 0 Å². The molecule has 1 atom stereocenters. The van der Waals surface area contributed by atoms with Crippen molar-refractivity contribution in [2.24, 2.45) is 5.92 Å². The molecule has 2 bridgehead atoms. The molecule has 5 nitrogen and oxygen atoms in total. The molecule has 9 heteroatoms. The van der Waals surface area contributed by atoms with Crippen LogP contribution in [-0.2, 0) is 16.9 Å². The van der Waals surface area contributed by atoms with Crippen molar-refractivity contribution >= 4 is 11.6 Å². The van der Waals surface area contributed by atoms with E-state index in [1.165, 1.54) is 45.6 Å². The normalized spacial score (nSPS) is 31.4. The summed E-state index contributed by atoms with van der Waals surface area (Å²) >= 11 is 5.56. The molecule has 1 aromatic heterocycles. The van der Waals surface area contributed by atoms with E-state index in [0.717, 1.165) is 5.92 Å². The van der Waals surface area contributed by atoms with Gasteiger partial charge in [-0.05, 0) is 37.3 Å². The second kappa shape index (κ2) is 6.74. The second-order valence-electron chi connectivity index (χ2n) is 6.62. The lowest BCUT2D eigenvalue weighted by atomic mass is 9.96. The lowest BCUT2D eigenvalue weighted by Gasteiger charge is -2.39. The number of hydrogen-bond acceptors (Lipinski definition) is 5. The van der Waals surface area contributed by atoms with E-state index >= 15 is 0 Å². The van der Waals surface area contributed by atoms with Crippen molar-refractivity contribution in [3.05, 3.63) is 22.7 Å². The zero-order valence-electron chi connectivity index (χ0n) is 13.4. The third-order valence-corrected chi connectivity index (χ3v) is 4.82. The lowest BCUT2D eigenvalue weighted by Crippen LogP contribution is -2.52. The maximum Gasteiger partial charge on any atom is 0.392 e. The number of alkyl halides is 3. The van der Waals surface area contributed by atoms with Crippen molar-refractivity contribution in [2.45, 2.75) is 44.6 Å². The molecule has 1 N–H and O–H groups in total. The minimum absolute atomic E-state index is 0.0716. The van der Waals surface area contributed by atoms with Gasteiger partial charge in [-0.1, -0.05) is 0 Å². The van der Waals surface area contributed by atoms with Gasteiger partial charge in [0, 0.05) is 31.4 Å². The summed E-state index contributed by atoms with van der Waals surface area (Å²) in [6.07, 6.45) is -1.15. The van der Waals surface area contributed by atoms with E-state index in [2.05, 4.69) is 20.4 Å². The largest absolute Gasteiger partial charge is 0.392 e. The fourth-order valence-corrected chi connectivity index (χ4v) is 3.46. The molecule has 134 valence electrons. The minimum atomic E-state index is -4.31. The van der Waals surface area contributed by atoms with Crippen LogP contribution in [0.1, 0.15) is 37.4 Å². The molecule has 4 aliphatic rings. The highest BCUT2D eigenvalue weighted by Gasteiger charge is 2.46. The zero-order valence-corrected chi connectivity index (χ0v) is 14.1. The molecule has 0 radical (unpaired) electrons. The summed E-state index contributed by atoms with van der Waals surface area (Å²) in [5, 5.41) is 2.26. The first-order valence-electron chi connectivity index (χ1n) is 7.96. The summed E-state index contributed by atoms with van der Waals surface area (Å²) in [6.45, 7) is 5.24. The first-order chi connectivity index (χ1) is 11.3. The Bertz CT molecular complexity index is 570. The number of aromatic nitrogens is 2. The minimum Gasteiger partial charge on any atom is -0.364 e. The van der Waals surface area contributed by atoms with Crippen molar-refractivity contribution in [1.82, 2.24) is 20.4 Å². The molecule has 5 rings (SSSR count). The molecule has 0 spiro atoms. The maximum atomic E-state index is 12.4. The van der Waals surface area contributed by atoms with E-state index < -0.39 is 18.2 Å². The van der Waals surface area contributed by atoms with Crippen LogP contribution in [0.5, 0.6) is 0 Å². The third-order valence-electron chi connectivity index (χ3n) is 4.64. The van der Waals surface area contributed by atoms with E-state index in [-0.39, 0.29) is 17.6 Å². The first-order valence-corrected chi connectivity index (χ1v) is 8.34. The van der Waals surface area contributed by atoms with Crippen LogP contribution in [0, 0.1) is 5.92 Å². The molecular formula is C15H20ClF3N4O. The summed E-state index contributed by atoms with van der Waals surface area (Å²) in [5.74, 6) is 1.000. The molecule has 3 saturated heterocycles. The highest BCUT2D eigenvalue weighted by Crippen LogP contribution is 2.42. The predicted molar refractivity (Wildman–Crippen MR) is 82.2 cm³/mol. The van der Waals surface area contributed by atoms with Gasteiger partial charge in [0.05, 0.1) is 18.7 Å². The van der Waals surface area contributed by atoms with Crippen LogP contribution in [0.15, 0.2) is 6.20 Å². The number of hydrazine groups is 1. The molecule has 24 heavy (non-hydrogen) atoms. The van der Waals surface area contributed by atoms with Gasteiger partial charge in [0.2, 0.25) is 5.28 Å². The van der Waals surface area contributed by atoms with Crippen LogP contribution < -0.4 is 5.43 Å². The number of rotatable bonds is 1. The average molecular weight is 365 g/mol. The van der Waals surface area contributed by atoms with E-state index in [1.807, 2.05) is 0 Å². The van der Waals surface area contributed by atoms with Crippen LogP contribution >= 0.6 is 11.6 Å². The number of ether oxygens (including phenoxy) is 1. The van der Waals surface area contributed by atoms with Gasteiger partial charge in [-0.2, -0.15) is 13.2 Å². The van der Waals surface area contributed by atoms with Gasteiger partial charge >= 0.3 is 6.18 Å². The quantitative estimate of drug-likeness (QED) is 0.776. The Morgan fingerprint density at radius 3 is 2.58 bits per heavy atom. The maximum absolute atomic E-state index is 12.4. The summed E-state index contributed by atoms with van der Waals surface area (Å²) in [7, 11) is 0. The predicted octanol–water partition coefficient (Wildman–Crippen LogP) is 3.04. The molecule has 0 saturated carbocycles. The van der Waals surface area contributed by atoms with Crippen molar-refractivity contribution in [3.8, 4) is 0 Å². The Balaban J connectivity index is 0.000000175. The molecule has 0 aromatic carbocycles. The standard InChI is InChI=1S/C9H8ClF3N2O.C6H12N2/c1-8(4-9(11,12)13)6-5(3-16-8)2-14-7(10)15-6;1-3-8-4-2-6(1)5-7-8/h2H,3-4H2,1H3;6-7H,1-5H2. The van der Waals surface area contributed by atoms with Gasteiger partial charge in [-0.25, -0.2) is 15.0 Å². The summed E-state index contributed by atoms with van der Waals surface area (Å²) < 4.78 is 42.3. The van der Waals surface area contributed by atoms with E-state index in [4.69, 9.17) is 16.3 Å². The zero-order chi connectivity index (χ0) is 17.4. The van der Waals surface area contributed by atoms with Gasteiger partial charge in [-0.15, -0.1) is 0 Å². The second-order valence-corrected chi connectivity index (χ2v) is 6.96. The molecule has 0 amide bonds. The Hall–Kier alpha value is -0.960. The van der Waals surface area contributed by atoms with Gasteiger partial charge in [-0.3, -0.25) is 5.43 Å². The summed E-state index contributed by atoms with van der Waals surface area (Å²) in [4.78, 5) is 7.53. The van der Waals surface area contributed by atoms with Crippen LogP contribution in [0.3, 0.4) is 0 Å². The number of fused-ring (bicyclic) bond motifs is 4. The van der Waals surface area contributed by atoms with Crippen LogP contribution in [0.25, 0.3) is 0 Å². The van der Waals surface area contributed by atoms with Crippen molar-refractivity contribution in [2.75, 3.05) is 19.6 Å². The Labute approximate surface area is 143 Å². The van der Waals surface area contributed by atoms with E-state index in [0.29, 0.717) is 5.56 Å². The Morgan fingerprint density at radius 2 is 2.12 bits per heavy atom. The number of piperidine rings is 1. The molecule has 1 aromatic rings. The molecule has 1 unspecified atom stereocenters. The van der Waals surface area contributed by atoms with Gasteiger partial charge in [0.1, 0.15) is 5.60 Å². The number of hydrogen-bond donors (Lipinski definition) is 1. The average Bonchev–Trinajstić information content (AvgIpc) is 2.84. The fourth-order valence-electron chi connectivity index (χ4n) is 3.32. The number of nitrogens with zero attached hydrogens (tertiary/aromatic N) is 3. The SMILES string of the molecule is C1CN2CCC1CN2.CC1(CC(F)(F)F)OCc2cnc(Cl)nc21. The van der Waals surface area contributed by atoms with E-state index in [1.54, 1.807) is 0 Å². The fraction of sp³-hybridized carbons (Fsp3) is 0.733.